The van der Waals surface area contributed by atoms with Crippen LogP contribution in [0.2, 0.25) is 0 Å². The average Bonchev–Trinajstić information content (AvgIpc) is 3.39. The van der Waals surface area contributed by atoms with Crippen LogP contribution < -0.4 is 5.32 Å². The molecule has 7 nitrogen and oxygen atoms in total. The first-order chi connectivity index (χ1) is 15.3. The predicted molar refractivity (Wildman–Crippen MR) is 127 cm³/mol. The minimum atomic E-state index is -0.218. The quantitative estimate of drug-likeness (QED) is 0.455. The number of aryl methyl sites for hydroxylation is 1. The highest BCUT2D eigenvalue weighted by molar-refractivity contribution is 7.10. The summed E-state index contributed by atoms with van der Waals surface area (Å²) in [6, 6.07) is 15.8. The molecule has 0 saturated heterocycles. The minimum absolute atomic E-state index is 0.0382. The SMILES string of the molecule is CCc1ccc(-n2nnc(-c3nsc(NC(=O)c4ccc(C(C)(C)C)cc4)n3)c2C)cc1. The van der Waals surface area contributed by atoms with Crippen LogP contribution in [-0.4, -0.2) is 30.3 Å². The van der Waals surface area contributed by atoms with Crippen LogP contribution in [0.3, 0.4) is 0 Å². The van der Waals surface area contributed by atoms with Crippen molar-refractivity contribution >= 4 is 22.6 Å². The van der Waals surface area contributed by atoms with Crippen molar-refractivity contribution in [2.45, 2.75) is 46.5 Å². The van der Waals surface area contributed by atoms with Crippen LogP contribution in [0.1, 0.15) is 54.9 Å². The lowest BCUT2D eigenvalue weighted by molar-refractivity contribution is 0.102. The van der Waals surface area contributed by atoms with Gasteiger partial charge in [-0.05, 0) is 54.2 Å². The van der Waals surface area contributed by atoms with E-state index in [1.165, 1.54) is 11.1 Å². The number of nitrogens with zero attached hydrogens (tertiary/aromatic N) is 5. The second-order valence-electron chi connectivity index (χ2n) is 8.66. The van der Waals surface area contributed by atoms with E-state index in [1.807, 2.05) is 43.3 Å². The van der Waals surface area contributed by atoms with Gasteiger partial charge in [-0.25, -0.2) is 4.68 Å². The van der Waals surface area contributed by atoms with E-state index in [0.29, 0.717) is 22.2 Å². The molecule has 0 aliphatic carbocycles. The largest absolute Gasteiger partial charge is 0.297 e. The molecule has 0 atom stereocenters. The van der Waals surface area contributed by atoms with Crippen LogP contribution in [0.15, 0.2) is 48.5 Å². The third-order valence-electron chi connectivity index (χ3n) is 5.36. The molecule has 0 bridgehead atoms. The summed E-state index contributed by atoms with van der Waals surface area (Å²) in [5.74, 6) is 0.229. The van der Waals surface area contributed by atoms with Gasteiger partial charge < -0.3 is 0 Å². The molecule has 0 aliphatic rings. The minimum Gasteiger partial charge on any atom is -0.297 e. The summed E-state index contributed by atoms with van der Waals surface area (Å²) in [5.41, 5.74) is 5.42. The highest BCUT2D eigenvalue weighted by Crippen LogP contribution is 2.25. The maximum absolute atomic E-state index is 12.6. The lowest BCUT2D eigenvalue weighted by atomic mass is 9.87. The standard InChI is InChI=1S/C24H26N6OS/c1-6-16-7-13-19(14-8-16)30-15(2)20(27-29-30)21-25-23(32-28-21)26-22(31)17-9-11-18(12-10-17)24(3,4)5/h7-14H,6H2,1-5H3,(H,25,26,28,31). The van der Waals surface area contributed by atoms with Gasteiger partial charge in [-0.2, -0.15) is 9.36 Å². The lowest BCUT2D eigenvalue weighted by Crippen LogP contribution is -2.14. The Morgan fingerprint density at radius 1 is 1.06 bits per heavy atom. The van der Waals surface area contributed by atoms with E-state index in [0.717, 1.165) is 29.3 Å². The molecule has 0 radical (unpaired) electrons. The molecule has 0 fully saturated rings. The summed E-state index contributed by atoms with van der Waals surface area (Å²) >= 11 is 1.12. The molecule has 8 heteroatoms. The van der Waals surface area contributed by atoms with Gasteiger partial charge in [0.2, 0.25) is 5.13 Å². The topological polar surface area (TPSA) is 85.6 Å². The second kappa shape index (κ2) is 8.63. The Balaban J connectivity index is 1.50. The number of benzene rings is 2. The van der Waals surface area contributed by atoms with Crippen molar-refractivity contribution in [3.63, 3.8) is 0 Å². The fourth-order valence-corrected chi connectivity index (χ4v) is 3.88. The fraction of sp³-hybridized carbons (Fsp3) is 0.292. The van der Waals surface area contributed by atoms with E-state index in [4.69, 9.17) is 0 Å². The number of hydrogen-bond donors (Lipinski definition) is 1. The van der Waals surface area contributed by atoms with Crippen molar-refractivity contribution in [2.24, 2.45) is 0 Å². The maximum Gasteiger partial charge on any atom is 0.257 e. The molecule has 0 aliphatic heterocycles. The van der Waals surface area contributed by atoms with Crippen molar-refractivity contribution in [1.29, 1.82) is 0 Å². The molecule has 164 valence electrons. The Kier molecular flexibility index (Phi) is 5.88. The van der Waals surface area contributed by atoms with Crippen LogP contribution in [0.4, 0.5) is 5.13 Å². The zero-order valence-electron chi connectivity index (χ0n) is 18.9. The monoisotopic (exact) mass is 446 g/mol. The second-order valence-corrected chi connectivity index (χ2v) is 9.41. The molecule has 32 heavy (non-hydrogen) atoms. The van der Waals surface area contributed by atoms with Crippen molar-refractivity contribution in [1.82, 2.24) is 24.4 Å². The van der Waals surface area contributed by atoms with E-state index >= 15 is 0 Å². The van der Waals surface area contributed by atoms with Crippen molar-refractivity contribution in [2.75, 3.05) is 5.32 Å². The van der Waals surface area contributed by atoms with Crippen LogP contribution in [0, 0.1) is 6.92 Å². The zero-order valence-corrected chi connectivity index (χ0v) is 19.7. The summed E-state index contributed by atoms with van der Waals surface area (Å²) in [4.78, 5) is 17.1. The third kappa shape index (κ3) is 4.45. The number of anilines is 1. The first-order valence-corrected chi connectivity index (χ1v) is 11.3. The number of nitrogens with one attached hydrogen (secondary N) is 1. The van der Waals surface area contributed by atoms with E-state index in [9.17, 15) is 4.79 Å². The fourth-order valence-electron chi connectivity index (χ4n) is 3.32. The normalized spacial score (nSPS) is 11.5. The highest BCUT2D eigenvalue weighted by Gasteiger charge is 2.19. The average molecular weight is 447 g/mol. The summed E-state index contributed by atoms with van der Waals surface area (Å²) in [5, 5.41) is 11.8. The molecule has 4 aromatic rings. The molecule has 0 unspecified atom stereocenters. The van der Waals surface area contributed by atoms with E-state index in [1.54, 1.807) is 4.68 Å². The highest BCUT2D eigenvalue weighted by atomic mass is 32.1. The van der Waals surface area contributed by atoms with E-state index < -0.39 is 0 Å². The van der Waals surface area contributed by atoms with Gasteiger partial charge in [0, 0.05) is 17.1 Å². The maximum atomic E-state index is 12.6. The Labute approximate surface area is 191 Å². The number of rotatable bonds is 5. The van der Waals surface area contributed by atoms with Gasteiger partial charge in [-0.15, -0.1) is 5.10 Å². The zero-order chi connectivity index (χ0) is 22.9. The number of aromatic nitrogens is 5. The van der Waals surface area contributed by atoms with Gasteiger partial charge in [0.15, 0.2) is 11.5 Å². The number of hydrogen-bond acceptors (Lipinski definition) is 6. The molecule has 1 amide bonds. The molecule has 2 aromatic heterocycles. The van der Waals surface area contributed by atoms with Crippen molar-refractivity contribution in [3.05, 3.63) is 70.9 Å². The Bertz CT molecular complexity index is 1230. The van der Waals surface area contributed by atoms with Crippen LogP contribution in [0.5, 0.6) is 0 Å². The number of carbonyl (C=O) groups is 1. The third-order valence-corrected chi connectivity index (χ3v) is 5.99. The van der Waals surface area contributed by atoms with Gasteiger partial charge in [0.25, 0.3) is 5.91 Å². The van der Waals surface area contributed by atoms with Crippen molar-refractivity contribution in [3.8, 4) is 17.2 Å². The molecule has 0 spiro atoms. The Morgan fingerprint density at radius 2 is 1.75 bits per heavy atom. The van der Waals surface area contributed by atoms with Crippen molar-refractivity contribution < 1.29 is 4.79 Å². The van der Waals surface area contributed by atoms with Gasteiger partial charge in [-0.1, -0.05) is 57.2 Å². The van der Waals surface area contributed by atoms with Gasteiger partial charge in [-0.3, -0.25) is 10.1 Å². The van der Waals surface area contributed by atoms with Gasteiger partial charge >= 0.3 is 0 Å². The van der Waals surface area contributed by atoms with E-state index in [-0.39, 0.29) is 11.3 Å². The molecule has 2 heterocycles. The molecular formula is C24H26N6OS. The Morgan fingerprint density at radius 3 is 2.38 bits per heavy atom. The molecule has 1 N–H and O–H groups in total. The Hall–Kier alpha value is -3.39. The summed E-state index contributed by atoms with van der Waals surface area (Å²) in [7, 11) is 0. The summed E-state index contributed by atoms with van der Waals surface area (Å²) < 4.78 is 6.14. The van der Waals surface area contributed by atoms with Gasteiger partial charge in [0.1, 0.15) is 0 Å². The van der Waals surface area contributed by atoms with Crippen LogP contribution >= 0.6 is 11.5 Å². The molecular weight excluding hydrogens is 420 g/mol. The van der Waals surface area contributed by atoms with Crippen LogP contribution in [0.25, 0.3) is 17.2 Å². The molecule has 2 aromatic carbocycles. The van der Waals surface area contributed by atoms with E-state index in [2.05, 4.69) is 64.8 Å². The summed E-state index contributed by atoms with van der Waals surface area (Å²) in [6.07, 6.45) is 0.986. The predicted octanol–water partition coefficient (Wildman–Crippen LogP) is 5.21. The smallest absolute Gasteiger partial charge is 0.257 e. The van der Waals surface area contributed by atoms with Gasteiger partial charge in [0.05, 0.1) is 11.4 Å². The number of carbonyl (C=O) groups excluding carboxylic acids is 1. The molecule has 4 rings (SSSR count). The first-order valence-electron chi connectivity index (χ1n) is 10.5. The summed E-state index contributed by atoms with van der Waals surface area (Å²) in [6.45, 7) is 10.5. The van der Waals surface area contributed by atoms with Crippen LogP contribution in [-0.2, 0) is 11.8 Å². The lowest BCUT2D eigenvalue weighted by Gasteiger charge is -2.18. The number of amides is 1. The molecule has 0 saturated carbocycles. The first kappa shape index (κ1) is 21.8.